The highest BCUT2D eigenvalue weighted by Gasteiger charge is 2.22. The number of hydrogen-bond donors (Lipinski definition) is 0. The van der Waals surface area contributed by atoms with Crippen LogP contribution in [0.1, 0.15) is 12.8 Å². The van der Waals surface area contributed by atoms with Crippen LogP contribution in [0.4, 0.5) is 5.69 Å². The van der Waals surface area contributed by atoms with Gasteiger partial charge in [0.05, 0.1) is 6.20 Å². The van der Waals surface area contributed by atoms with Crippen molar-refractivity contribution >= 4 is 11.6 Å². The van der Waals surface area contributed by atoms with E-state index < -0.39 is 0 Å². The van der Waals surface area contributed by atoms with Gasteiger partial charge in [-0.15, -0.1) is 10.2 Å². The molecule has 1 aliphatic heterocycles. The van der Waals surface area contributed by atoms with Crippen molar-refractivity contribution in [2.24, 2.45) is 0 Å². The summed E-state index contributed by atoms with van der Waals surface area (Å²) >= 11 is 0. The van der Waals surface area contributed by atoms with E-state index in [4.69, 9.17) is 4.42 Å². The molecule has 0 spiro atoms. The van der Waals surface area contributed by atoms with Crippen LogP contribution < -0.4 is 4.90 Å². The minimum atomic E-state index is 0.146. The topological polar surface area (TPSA) is 85.0 Å². The monoisotopic (exact) mass is 307 g/mol. The fourth-order valence-corrected chi connectivity index (χ4v) is 2.58. The Bertz CT molecular complexity index is 846. The lowest BCUT2D eigenvalue weighted by Crippen LogP contribution is -2.23. The molecule has 1 aromatic carbocycles. The average Bonchev–Trinajstić information content (AvgIpc) is 3.25. The number of aromatic nitrogens is 4. The zero-order valence-electron chi connectivity index (χ0n) is 12.2. The Labute approximate surface area is 132 Å². The molecule has 2 aromatic heterocycles. The van der Waals surface area contributed by atoms with Crippen LogP contribution >= 0.6 is 0 Å². The molecular weight excluding hydrogens is 294 g/mol. The molecule has 0 N–H and O–H groups in total. The van der Waals surface area contributed by atoms with Crippen LogP contribution in [0.25, 0.3) is 23.0 Å². The number of nitrogens with zero attached hydrogens (tertiary/aromatic N) is 5. The predicted octanol–water partition coefficient (Wildman–Crippen LogP) is 2.32. The summed E-state index contributed by atoms with van der Waals surface area (Å²) in [6.45, 7) is 0.747. The van der Waals surface area contributed by atoms with Gasteiger partial charge >= 0.3 is 0 Å². The quantitative estimate of drug-likeness (QED) is 0.738. The zero-order chi connectivity index (χ0) is 15.6. The second-order valence-corrected chi connectivity index (χ2v) is 5.20. The Hall–Kier alpha value is -3.09. The number of amides is 1. The number of carbonyl (C=O) groups is 1. The Morgan fingerprint density at radius 1 is 1.13 bits per heavy atom. The minimum Gasteiger partial charge on any atom is -0.415 e. The molecule has 1 fully saturated rings. The van der Waals surface area contributed by atoms with Gasteiger partial charge in [-0.3, -0.25) is 9.78 Å². The van der Waals surface area contributed by atoms with Crippen molar-refractivity contribution in [3.05, 3.63) is 42.9 Å². The first-order valence-electron chi connectivity index (χ1n) is 7.32. The van der Waals surface area contributed by atoms with Crippen LogP contribution in [0.5, 0.6) is 0 Å². The third kappa shape index (κ3) is 2.57. The predicted molar refractivity (Wildman–Crippen MR) is 82.3 cm³/mol. The summed E-state index contributed by atoms with van der Waals surface area (Å²) in [7, 11) is 0. The number of anilines is 1. The van der Waals surface area contributed by atoms with Gasteiger partial charge in [-0.1, -0.05) is 6.07 Å². The van der Waals surface area contributed by atoms with Gasteiger partial charge in [-0.2, -0.15) is 0 Å². The third-order valence-corrected chi connectivity index (χ3v) is 3.69. The number of carbonyl (C=O) groups excluding carboxylic acids is 1. The van der Waals surface area contributed by atoms with E-state index in [0.717, 1.165) is 24.2 Å². The molecular formula is C16H13N5O2. The molecule has 7 nitrogen and oxygen atoms in total. The molecule has 23 heavy (non-hydrogen) atoms. The van der Waals surface area contributed by atoms with E-state index in [0.29, 0.717) is 23.9 Å². The molecule has 7 heteroatoms. The van der Waals surface area contributed by atoms with E-state index in [-0.39, 0.29) is 5.91 Å². The molecule has 0 radical (unpaired) electrons. The Balaban J connectivity index is 1.66. The van der Waals surface area contributed by atoms with E-state index in [1.165, 1.54) is 0 Å². The highest BCUT2D eigenvalue weighted by Crippen LogP contribution is 2.28. The first-order valence-corrected chi connectivity index (χ1v) is 7.32. The van der Waals surface area contributed by atoms with Gasteiger partial charge in [0.15, 0.2) is 0 Å². The SMILES string of the molecule is O=C1CCCN1c1cccc(-c2nnc(-c3cnccn3)o2)c1. The lowest BCUT2D eigenvalue weighted by molar-refractivity contribution is -0.117. The smallest absolute Gasteiger partial charge is 0.268 e. The van der Waals surface area contributed by atoms with Gasteiger partial charge in [0.25, 0.3) is 5.89 Å². The fraction of sp³-hybridized carbons (Fsp3) is 0.188. The molecule has 1 aliphatic rings. The molecule has 3 aromatic rings. The maximum absolute atomic E-state index is 11.9. The Morgan fingerprint density at radius 2 is 2.04 bits per heavy atom. The Kier molecular flexibility index (Phi) is 3.30. The van der Waals surface area contributed by atoms with Crippen LogP contribution in [0.2, 0.25) is 0 Å². The highest BCUT2D eigenvalue weighted by molar-refractivity contribution is 5.95. The van der Waals surface area contributed by atoms with Gasteiger partial charge in [0, 0.05) is 36.6 Å². The number of hydrogen-bond acceptors (Lipinski definition) is 6. The van der Waals surface area contributed by atoms with Gasteiger partial charge in [-0.25, -0.2) is 4.98 Å². The molecule has 0 aliphatic carbocycles. The fourth-order valence-electron chi connectivity index (χ4n) is 2.58. The third-order valence-electron chi connectivity index (χ3n) is 3.69. The highest BCUT2D eigenvalue weighted by atomic mass is 16.4. The summed E-state index contributed by atoms with van der Waals surface area (Å²) in [6, 6.07) is 7.55. The van der Waals surface area contributed by atoms with E-state index in [1.54, 1.807) is 23.5 Å². The molecule has 114 valence electrons. The molecule has 3 heterocycles. The first-order chi connectivity index (χ1) is 11.3. The van der Waals surface area contributed by atoms with Crippen LogP contribution in [-0.4, -0.2) is 32.6 Å². The molecule has 1 amide bonds. The second-order valence-electron chi connectivity index (χ2n) is 5.20. The van der Waals surface area contributed by atoms with Crippen molar-refractivity contribution in [3.63, 3.8) is 0 Å². The number of benzene rings is 1. The average molecular weight is 307 g/mol. The van der Waals surface area contributed by atoms with Crippen molar-refractivity contribution in [2.75, 3.05) is 11.4 Å². The minimum absolute atomic E-state index is 0.146. The van der Waals surface area contributed by atoms with Crippen molar-refractivity contribution in [3.8, 4) is 23.0 Å². The van der Waals surface area contributed by atoms with Crippen LogP contribution in [-0.2, 0) is 4.79 Å². The van der Waals surface area contributed by atoms with E-state index in [1.807, 2.05) is 24.3 Å². The van der Waals surface area contributed by atoms with Crippen LogP contribution in [0.15, 0.2) is 47.3 Å². The summed E-state index contributed by atoms with van der Waals surface area (Å²) in [5, 5.41) is 8.07. The first kappa shape index (κ1) is 13.6. The van der Waals surface area contributed by atoms with E-state index >= 15 is 0 Å². The van der Waals surface area contributed by atoms with Crippen LogP contribution in [0.3, 0.4) is 0 Å². The molecule has 0 bridgehead atoms. The van der Waals surface area contributed by atoms with Crippen molar-refractivity contribution in [1.29, 1.82) is 0 Å². The summed E-state index contributed by atoms with van der Waals surface area (Å²) in [6.07, 6.45) is 6.20. The summed E-state index contributed by atoms with van der Waals surface area (Å²) in [5.74, 6) is 0.850. The molecule has 1 saturated heterocycles. The van der Waals surface area contributed by atoms with Crippen LogP contribution in [0, 0.1) is 0 Å². The van der Waals surface area contributed by atoms with E-state index in [9.17, 15) is 4.79 Å². The molecule has 0 atom stereocenters. The number of rotatable bonds is 3. The lowest BCUT2D eigenvalue weighted by atomic mass is 10.2. The van der Waals surface area contributed by atoms with E-state index in [2.05, 4.69) is 20.2 Å². The zero-order valence-corrected chi connectivity index (χ0v) is 12.2. The van der Waals surface area contributed by atoms with Gasteiger partial charge in [-0.05, 0) is 24.6 Å². The lowest BCUT2D eigenvalue weighted by Gasteiger charge is -2.15. The maximum atomic E-state index is 11.9. The van der Waals surface area contributed by atoms with Crippen molar-refractivity contribution in [1.82, 2.24) is 20.2 Å². The van der Waals surface area contributed by atoms with Gasteiger partial charge in [0.1, 0.15) is 5.69 Å². The largest absolute Gasteiger partial charge is 0.415 e. The molecule has 4 rings (SSSR count). The maximum Gasteiger partial charge on any atom is 0.268 e. The molecule has 0 unspecified atom stereocenters. The summed E-state index contributed by atoms with van der Waals surface area (Å²) in [5.41, 5.74) is 2.14. The van der Waals surface area contributed by atoms with Crippen molar-refractivity contribution in [2.45, 2.75) is 12.8 Å². The standard InChI is InChI=1S/C16H13N5O2/c22-14-5-2-8-21(14)12-4-1-3-11(9-12)15-19-20-16(23-15)13-10-17-6-7-18-13/h1,3-4,6-7,9-10H,2,5,8H2. The van der Waals surface area contributed by atoms with Crippen molar-refractivity contribution < 1.29 is 9.21 Å². The normalized spacial score (nSPS) is 14.4. The second kappa shape index (κ2) is 5.60. The molecule has 0 saturated carbocycles. The van der Waals surface area contributed by atoms with Gasteiger partial charge < -0.3 is 9.32 Å². The van der Waals surface area contributed by atoms with Gasteiger partial charge in [0.2, 0.25) is 11.8 Å². The summed E-state index contributed by atoms with van der Waals surface area (Å²) < 4.78 is 5.67. The Morgan fingerprint density at radius 3 is 2.83 bits per heavy atom. The summed E-state index contributed by atoms with van der Waals surface area (Å²) in [4.78, 5) is 21.8.